The van der Waals surface area contributed by atoms with Crippen LogP contribution in [0.3, 0.4) is 0 Å². The quantitative estimate of drug-likeness (QED) is 0.864. The Balaban J connectivity index is 1.91. The monoisotopic (exact) mass is 394 g/mol. The Kier molecular flexibility index (Phi) is 5.11. The molecule has 1 aliphatic heterocycles. The Bertz CT molecular complexity index is 960. The fraction of sp³-hybridized carbons (Fsp3) is 0.278. The minimum Gasteiger partial charge on any atom is -0.495 e. The number of fused-ring (bicyclic) bond motifs is 1. The number of anilines is 1. The molecule has 1 amide bonds. The lowest BCUT2D eigenvalue weighted by molar-refractivity contribution is -0.129. The Morgan fingerprint density at radius 2 is 1.96 bits per heavy atom. The summed E-state index contributed by atoms with van der Waals surface area (Å²) in [5, 5.41) is 0.300. The third kappa shape index (κ3) is 3.78. The molecule has 1 N–H and O–H groups in total. The molecule has 0 saturated carbocycles. The van der Waals surface area contributed by atoms with Gasteiger partial charge in [-0.3, -0.25) is 9.52 Å². The number of sulfonamides is 1. The van der Waals surface area contributed by atoms with Crippen LogP contribution in [0, 0.1) is 0 Å². The molecular formula is C18H19ClN2O4S. The average molecular weight is 395 g/mol. The predicted octanol–water partition coefficient (Wildman–Crippen LogP) is 3.05. The van der Waals surface area contributed by atoms with Gasteiger partial charge in [-0.1, -0.05) is 17.7 Å². The summed E-state index contributed by atoms with van der Waals surface area (Å²) in [6.07, 6.45) is 0.754. The van der Waals surface area contributed by atoms with Crippen LogP contribution in [0.4, 0.5) is 5.69 Å². The molecule has 0 unspecified atom stereocenters. The van der Waals surface area contributed by atoms with Gasteiger partial charge in [0, 0.05) is 30.7 Å². The fourth-order valence-electron chi connectivity index (χ4n) is 2.96. The molecule has 0 atom stereocenters. The molecule has 2 aromatic carbocycles. The number of carbonyl (C=O) groups excluding carboxylic acids is 1. The molecule has 0 aliphatic carbocycles. The van der Waals surface area contributed by atoms with Crippen LogP contribution in [0.5, 0.6) is 5.75 Å². The number of amides is 1. The summed E-state index contributed by atoms with van der Waals surface area (Å²) in [7, 11) is -2.47. The largest absolute Gasteiger partial charge is 0.495 e. The number of methoxy groups -OCH3 is 1. The first-order valence-electron chi connectivity index (χ1n) is 8.04. The van der Waals surface area contributed by atoms with Crippen molar-refractivity contribution < 1.29 is 17.9 Å². The van der Waals surface area contributed by atoms with E-state index in [0.29, 0.717) is 23.8 Å². The van der Waals surface area contributed by atoms with Gasteiger partial charge in [-0.25, -0.2) is 8.42 Å². The van der Waals surface area contributed by atoms with Gasteiger partial charge >= 0.3 is 0 Å². The number of hydrogen-bond donors (Lipinski definition) is 1. The minimum atomic E-state index is -3.87. The SMILES string of the molecule is COc1ccc(Cl)cc1S(=O)(=O)Nc1ccc2c(c1)CN(C(C)=O)CC2. The van der Waals surface area contributed by atoms with Crippen molar-refractivity contribution in [1.82, 2.24) is 4.90 Å². The van der Waals surface area contributed by atoms with Crippen LogP contribution >= 0.6 is 11.6 Å². The summed E-state index contributed by atoms with van der Waals surface area (Å²) in [5.41, 5.74) is 2.48. The van der Waals surface area contributed by atoms with E-state index in [1.54, 1.807) is 23.1 Å². The molecule has 0 spiro atoms. The topological polar surface area (TPSA) is 75.7 Å². The third-order valence-electron chi connectivity index (χ3n) is 4.33. The molecule has 1 aliphatic rings. The molecule has 6 nitrogen and oxygen atoms in total. The Morgan fingerprint density at radius 3 is 2.65 bits per heavy atom. The van der Waals surface area contributed by atoms with Gasteiger partial charge in [-0.15, -0.1) is 0 Å². The van der Waals surface area contributed by atoms with E-state index >= 15 is 0 Å². The maximum absolute atomic E-state index is 12.8. The highest BCUT2D eigenvalue weighted by Gasteiger charge is 2.22. The molecule has 0 bridgehead atoms. The standard InChI is InChI=1S/C18H19ClN2O4S/c1-12(22)21-8-7-13-3-5-16(9-14(13)11-21)20-26(23,24)18-10-15(19)4-6-17(18)25-2/h3-6,9-10,20H,7-8,11H2,1-2H3. The second-order valence-electron chi connectivity index (χ2n) is 6.07. The van der Waals surface area contributed by atoms with E-state index in [9.17, 15) is 13.2 Å². The van der Waals surface area contributed by atoms with Crippen molar-refractivity contribution in [2.45, 2.75) is 24.8 Å². The zero-order chi connectivity index (χ0) is 18.9. The lowest BCUT2D eigenvalue weighted by Gasteiger charge is -2.28. The van der Waals surface area contributed by atoms with E-state index in [-0.39, 0.29) is 16.6 Å². The van der Waals surface area contributed by atoms with E-state index < -0.39 is 10.0 Å². The number of hydrogen-bond acceptors (Lipinski definition) is 4. The molecular weight excluding hydrogens is 376 g/mol. The Hall–Kier alpha value is -2.25. The summed E-state index contributed by atoms with van der Waals surface area (Å²) >= 11 is 5.94. The van der Waals surface area contributed by atoms with Crippen molar-refractivity contribution >= 4 is 33.2 Å². The van der Waals surface area contributed by atoms with Crippen molar-refractivity contribution in [2.75, 3.05) is 18.4 Å². The maximum atomic E-state index is 12.8. The molecule has 26 heavy (non-hydrogen) atoms. The number of rotatable bonds is 4. The number of carbonyl (C=O) groups is 1. The van der Waals surface area contributed by atoms with Crippen LogP contribution in [-0.2, 0) is 27.8 Å². The van der Waals surface area contributed by atoms with Crippen LogP contribution < -0.4 is 9.46 Å². The number of benzene rings is 2. The zero-order valence-electron chi connectivity index (χ0n) is 14.5. The summed E-state index contributed by atoms with van der Waals surface area (Å²) in [4.78, 5) is 13.3. The number of nitrogens with zero attached hydrogens (tertiary/aromatic N) is 1. The highest BCUT2D eigenvalue weighted by molar-refractivity contribution is 7.92. The van der Waals surface area contributed by atoms with Crippen LogP contribution in [0.1, 0.15) is 18.1 Å². The zero-order valence-corrected chi connectivity index (χ0v) is 16.0. The van der Waals surface area contributed by atoms with Gasteiger partial charge in [-0.2, -0.15) is 0 Å². The van der Waals surface area contributed by atoms with Crippen molar-refractivity contribution in [3.63, 3.8) is 0 Å². The number of halogens is 1. The summed E-state index contributed by atoms with van der Waals surface area (Å²) in [6, 6.07) is 9.79. The molecule has 0 fully saturated rings. The summed E-state index contributed by atoms with van der Waals surface area (Å²) in [6.45, 7) is 2.68. The lowest BCUT2D eigenvalue weighted by atomic mass is 9.99. The van der Waals surface area contributed by atoms with Crippen molar-refractivity contribution in [3.05, 3.63) is 52.5 Å². The normalized spacial score (nSPS) is 13.9. The smallest absolute Gasteiger partial charge is 0.265 e. The highest BCUT2D eigenvalue weighted by atomic mass is 35.5. The van der Waals surface area contributed by atoms with Gasteiger partial charge in [-0.05, 0) is 47.9 Å². The molecule has 0 aromatic heterocycles. The van der Waals surface area contributed by atoms with Crippen LogP contribution in [0.25, 0.3) is 0 Å². The van der Waals surface area contributed by atoms with E-state index in [1.807, 2.05) is 6.07 Å². The predicted molar refractivity (Wildman–Crippen MR) is 100 cm³/mol. The Labute approximate surface area is 157 Å². The van der Waals surface area contributed by atoms with Crippen LogP contribution in [0.2, 0.25) is 5.02 Å². The third-order valence-corrected chi connectivity index (χ3v) is 5.97. The van der Waals surface area contributed by atoms with Gasteiger partial charge in [0.1, 0.15) is 10.6 Å². The van der Waals surface area contributed by atoms with E-state index in [0.717, 1.165) is 17.5 Å². The van der Waals surface area contributed by atoms with Crippen molar-refractivity contribution in [2.24, 2.45) is 0 Å². The van der Waals surface area contributed by atoms with Crippen molar-refractivity contribution in [3.8, 4) is 5.75 Å². The van der Waals surface area contributed by atoms with Crippen LogP contribution in [0.15, 0.2) is 41.3 Å². The summed E-state index contributed by atoms with van der Waals surface area (Å²) in [5.74, 6) is 0.216. The molecule has 138 valence electrons. The molecule has 3 rings (SSSR count). The Morgan fingerprint density at radius 1 is 1.19 bits per heavy atom. The van der Waals surface area contributed by atoms with Crippen molar-refractivity contribution in [1.29, 1.82) is 0 Å². The molecule has 0 saturated heterocycles. The second kappa shape index (κ2) is 7.17. The van der Waals surface area contributed by atoms with Gasteiger partial charge in [0.05, 0.1) is 7.11 Å². The molecule has 2 aromatic rings. The van der Waals surface area contributed by atoms with Gasteiger partial charge in [0.25, 0.3) is 10.0 Å². The number of nitrogens with one attached hydrogen (secondary N) is 1. The fourth-order valence-corrected chi connectivity index (χ4v) is 4.44. The minimum absolute atomic E-state index is 0.00491. The van der Waals surface area contributed by atoms with Crippen LogP contribution in [-0.4, -0.2) is 32.9 Å². The summed E-state index contributed by atoms with van der Waals surface area (Å²) < 4.78 is 33.2. The van der Waals surface area contributed by atoms with Gasteiger partial charge < -0.3 is 9.64 Å². The molecule has 8 heteroatoms. The van der Waals surface area contributed by atoms with E-state index in [2.05, 4.69) is 4.72 Å². The molecule has 1 heterocycles. The average Bonchev–Trinajstić information content (AvgIpc) is 2.60. The van der Waals surface area contributed by atoms with E-state index in [1.165, 1.54) is 26.2 Å². The first-order valence-corrected chi connectivity index (χ1v) is 9.90. The maximum Gasteiger partial charge on any atom is 0.265 e. The second-order valence-corrected chi connectivity index (χ2v) is 8.16. The highest BCUT2D eigenvalue weighted by Crippen LogP contribution is 2.30. The molecule has 0 radical (unpaired) electrons. The lowest BCUT2D eigenvalue weighted by Crippen LogP contribution is -2.34. The van der Waals surface area contributed by atoms with Gasteiger partial charge in [0.15, 0.2) is 0 Å². The van der Waals surface area contributed by atoms with E-state index in [4.69, 9.17) is 16.3 Å². The first kappa shape index (κ1) is 18.5. The number of ether oxygens (including phenoxy) is 1. The first-order chi connectivity index (χ1) is 12.3. The van der Waals surface area contributed by atoms with Gasteiger partial charge in [0.2, 0.25) is 5.91 Å².